The first-order chi connectivity index (χ1) is 8.54. The third kappa shape index (κ3) is 6.04. The van der Waals surface area contributed by atoms with Crippen LogP contribution in [0.1, 0.15) is 5.56 Å². The maximum Gasteiger partial charge on any atom is 1.00 e. The number of carbonyl (C=O) groups is 2. The van der Waals surface area contributed by atoms with Gasteiger partial charge in [-0.3, -0.25) is 4.90 Å². The van der Waals surface area contributed by atoms with Gasteiger partial charge < -0.3 is 20.3 Å². The quantitative estimate of drug-likeness (QED) is 0.533. The predicted molar refractivity (Wildman–Crippen MR) is 59.9 cm³/mol. The number of carboxylic acid groups (broad SMARTS) is 2. The average Bonchev–Trinajstić information content (AvgIpc) is 2.75. The van der Waals surface area contributed by atoms with Crippen molar-refractivity contribution in [2.45, 2.75) is 0 Å². The summed E-state index contributed by atoms with van der Waals surface area (Å²) in [6, 6.07) is 8.94. The number of nitriles is 1. The van der Waals surface area contributed by atoms with Gasteiger partial charge in [0.15, 0.2) is 0 Å². The van der Waals surface area contributed by atoms with Crippen molar-refractivity contribution in [2.24, 2.45) is 0 Å². The molecule has 7 nitrogen and oxygen atoms in total. The molecule has 1 fully saturated rings. The summed E-state index contributed by atoms with van der Waals surface area (Å²) in [6.45, 7) is 1.36. The number of anilines is 1. The number of nitrogens with zero attached hydrogens (tertiary/aromatic N) is 2. The summed E-state index contributed by atoms with van der Waals surface area (Å²) in [5.74, 6) is 0. The second kappa shape index (κ2) is 8.90. The Balaban J connectivity index is 0.000000576. The average molecular weight is 287 g/mol. The second-order valence-corrected chi connectivity index (χ2v) is 3.31. The van der Waals surface area contributed by atoms with Crippen molar-refractivity contribution in [1.82, 2.24) is 5.32 Å². The summed E-state index contributed by atoms with van der Waals surface area (Å²) >= 11 is 0. The van der Waals surface area contributed by atoms with Crippen LogP contribution in [-0.2, 0) is 0 Å². The van der Waals surface area contributed by atoms with E-state index < -0.39 is 6.16 Å². The molecule has 0 aliphatic carbocycles. The molecule has 2 amide bonds. The Kier molecular flexibility index (Phi) is 8.38. The van der Waals surface area contributed by atoms with Gasteiger partial charge >= 0.3 is 57.4 Å². The zero-order valence-electron chi connectivity index (χ0n) is 10.3. The van der Waals surface area contributed by atoms with Crippen LogP contribution in [0.25, 0.3) is 0 Å². The molecule has 19 heavy (non-hydrogen) atoms. The number of hydrogen-bond acceptors (Lipinski definition) is 4. The number of urea groups is 1. The predicted octanol–water partition coefficient (Wildman–Crippen LogP) is -3.02. The van der Waals surface area contributed by atoms with Gasteiger partial charge in [-0.15, -0.1) is 0 Å². The van der Waals surface area contributed by atoms with E-state index in [4.69, 9.17) is 20.3 Å². The van der Waals surface area contributed by atoms with Gasteiger partial charge in [0.1, 0.15) is 0 Å². The van der Waals surface area contributed by atoms with Crippen molar-refractivity contribution >= 4 is 17.9 Å². The molecule has 8 heteroatoms. The molecule has 2 N–H and O–H groups in total. The van der Waals surface area contributed by atoms with Crippen molar-refractivity contribution in [2.75, 3.05) is 18.0 Å². The van der Waals surface area contributed by atoms with E-state index in [2.05, 4.69) is 5.32 Å². The van der Waals surface area contributed by atoms with Gasteiger partial charge in [0.2, 0.25) is 6.16 Å². The fraction of sp³-hybridized carbons (Fsp3) is 0.182. The van der Waals surface area contributed by atoms with Gasteiger partial charge in [0, 0.05) is 18.8 Å². The van der Waals surface area contributed by atoms with E-state index in [1.54, 1.807) is 29.2 Å². The Morgan fingerprint density at radius 3 is 2.32 bits per heavy atom. The maximum absolute atomic E-state index is 11.3. The van der Waals surface area contributed by atoms with E-state index in [9.17, 15) is 4.79 Å². The van der Waals surface area contributed by atoms with E-state index in [0.717, 1.165) is 5.69 Å². The van der Waals surface area contributed by atoms with Crippen LogP contribution in [0.4, 0.5) is 15.3 Å². The topological polar surface area (TPSA) is 116 Å². The second-order valence-electron chi connectivity index (χ2n) is 3.31. The SMILES string of the molecule is N#Cc1ccc(N2CCNC2=O)cc1.O=C([O-])O.[K+]. The van der Waals surface area contributed by atoms with Gasteiger partial charge in [0.25, 0.3) is 0 Å². The fourth-order valence-electron chi connectivity index (χ4n) is 1.43. The summed E-state index contributed by atoms with van der Waals surface area (Å²) in [5, 5.41) is 26.6. The minimum Gasteiger partial charge on any atom is -0.565 e. The molecular weight excluding hydrogens is 277 g/mol. The van der Waals surface area contributed by atoms with Crippen molar-refractivity contribution in [3.63, 3.8) is 0 Å². The molecule has 0 saturated carbocycles. The maximum atomic E-state index is 11.3. The first kappa shape index (κ1) is 17.9. The van der Waals surface area contributed by atoms with Crippen LogP contribution in [0, 0.1) is 11.3 Å². The van der Waals surface area contributed by atoms with E-state index in [-0.39, 0.29) is 57.4 Å². The molecule has 2 rings (SSSR count). The van der Waals surface area contributed by atoms with E-state index >= 15 is 0 Å². The molecule has 1 heterocycles. The minimum atomic E-state index is -2.08. The number of hydrogen-bond donors (Lipinski definition) is 2. The van der Waals surface area contributed by atoms with E-state index in [1.807, 2.05) is 6.07 Å². The summed E-state index contributed by atoms with van der Waals surface area (Å²) < 4.78 is 0. The van der Waals surface area contributed by atoms with Crippen LogP contribution >= 0.6 is 0 Å². The molecule has 0 unspecified atom stereocenters. The first-order valence-corrected chi connectivity index (χ1v) is 5.00. The molecular formula is C11H10KN3O4. The Labute approximate surface area is 152 Å². The third-order valence-corrected chi connectivity index (χ3v) is 2.16. The normalized spacial score (nSPS) is 12.4. The summed E-state index contributed by atoms with van der Waals surface area (Å²) in [7, 11) is 0. The number of rotatable bonds is 1. The zero-order chi connectivity index (χ0) is 13.5. The molecule has 1 saturated heterocycles. The number of benzene rings is 1. The van der Waals surface area contributed by atoms with Crippen LogP contribution in [0.5, 0.6) is 0 Å². The van der Waals surface area contributed by atoms with Crippen LogP contribution in [0.15, 0.2) is 24.3 Å². The van der Waals surface area contributed by atoms with E-state index in [1.165, 1.54) is 0 Å². The zero-order valence-corrected chi connectivity index (χ0v) is 13.4. The molecule has 0 aromatic heterocycles. The minimum absolute atomic E-state index is 0. The summed E-state index contributed by atoms with van der Waals surface area (Å²) in [5.41, 5.74) is 1.44. The summed E-state index contributed by atoms with van der Waals surface area (Å²) in [6.07, 6.45) is -2.08. The number of amides is 2. The van der Waals surface area contributed by atoms with Crippen LogP contribution in [-0.4, -0.2) is 30.4 Å². The summed E-state index contributed by atoms with van der Waals surface area (Å²) in [4.78, 5) is 21.4. The molecule has 0 bridgehead atoms. The van der Waals surface area contributed by atoms with E-state index in [0.29, 0.717) is 18.7 Å². The monoisotopic (exact) mass is 287 g/mol. The molecule has 1 aliphatic rings. The Morgan fingerprint density at radius 2 is 1.95 bits per heavy atom. The molecule has 94 valence electrons. The third-order valence-electron chi connectivity index (χ3n) is 2.16. The Hall–Kier alpha value is -1.11. The largest absolute Gasteiger partial charge is 1.00 e. The molecule has 1 aromatic rings. The number of nitrogens with one attached hydrogen (secondary N) is 1. The van der Waals surface area contributed by atoms with Crippen molar-refractivity contribution in [3.8, 4) is 6.07 Å². The first-order valence-electron chi connectivity index (χ1n) is 5.00. The standard InChI is InChI=1S/C10H9N3O.CH2O3.K/c11-7-8-1-3-9(4-2-8)13-6-5-12-10(13)14;2-1(3)4;/h1-4H,5-6H2,(H,12,14);(H2,2,3,4);/q;;+1/p-1. The number of carbonyl (C=O) groups excluding carboxylic acids is 1. The molecule has 0 atom stereocenters. The van der Waals surface area contributed by atoms with Gasteiger partial charge in [0.05, 0.1) is 11.6 Å². The Morgan fingerprint density at radius 1 is 1.42 bits per heavy atom. The van der Waals surface area contributed by atoms with Crippen LogP contribution < -0.4 is 66.7 Å². The fourth-order valence-corrected chi connectivity index (χ4v) is 1.43. The molecule has 1 aromatic carbocycles. The van der Waals surface area contributed by atoms with Gasteiger partial charge in [-0.25, -0.2) is 4.79 Å². The van der Waals surface area contributed by atoms with Gasteiger partial charge in [-0.05, 0) is 24.3 Å². The van der Waals surface area contributed by atoms with Crippen molar-refractivity contribution in [3.05, 3.63) is 29.8 Å². The van der Waals surface area contributed by atoms with Gasteiger partial charge in [-0.1, -0.05) is 0 Å². The van der Waals surface area contributed by atoms with Crippen molar-refractivity contribution < 1.29 is 71.2 Å². The van der Waals surface area contributed by atoms with Crippen molar-refractivity contribution in [1.29, 1.82) is 5.26 Å². The molecule has 1 aliphatic heterocycles. The van der Waals surface area contributed by atoms with Gasteiger partial charge in [-0.2, -0.15) is 5.26 Å². The van der Waals surface area contributed by atoms with Crippen LogP contribution in [0.3, 0.4) is 0 Å². The Bertz CT molecular complexity index is 480. The molecule has 0 spiro atoms. The van der Waals surface area contributed by atoms with Crippen LogP contribution in [0.2, 0.25) is 0 Å². The molecule has 0 radical (unpaired) electrons. The smallest absolute Gasteiger partial charge is 0.565 e.